The van der Waals surface area contributed by atoms with Crippen molar-refractivity contribution in [3.05, 3.63) is 59.9 Å². The van der Waals surface area contributed by atoms with Gasteiger partial charge in [-0.3, -0.25) is 19.4 Å². The van der Waals surface area contributed by atoms with E-state index in [0.29, 0.717) is 44.3 Å². The van der Waals surface area contributed by atoms with Gasteiger partial charge >= 0.3 is 0 Å². The fraction of sp³-hybridized carbons (Fsp3) is 0.576. The normalized spacial score (nSPS) is 19.7. The van der Waals surface area contributed by atoms with Gasteiger partial charge in [-0.15, -0.1) is 0 Å². The van der Waals surface area contributed by atoms with E-state index in [1.165, 1.54) is 6.92 Å². The predicted molar refractivity (Wildman–Crippen MR) is 165 cm³/mol. The Hall–Kier alpha value is -3.30. The van der Waals surface area contributed by atoms with Crippen molar-refractivity contribution in [1.29, 1.82) is 0 Å². The fourth-order valence-electron chi connectivity index (χ4n) is 5.63. The number of ether oxygens (including phenoxy) is 2. The summed E-state index contributed by atoms with van der Waals surface area (Å²) in [5.41, 5.74) is 8.10. The molecule has 2 unspecified atom stereocenters. The number of hydrogen-bond acceptors (Lipinski definition) is 7. The summed E-state index contributed by atoms with van der Waals surface area (Å²) in [5, 5.41) is 2.94. The number of rotatable bonds is 10. The molecule has 3 N–H and O–H groups in total. The van der Waals surface area contributed by atoms with Crippen LogP contribution in [-0.4, -0.2) is 66.4 Å². The third-order valence-electron chi connectivity index (χ3n) is 7.82. The van der Waals surface area contributed by atoms with Crippen molar-refractivity contribution in [1.82, 2.24) is 15.2 Å². The maximum absolute atomic E-state index is 13.6. The van der Waals surface area contributed by atoms with Crippen LogP contribution in [-0.2, 0) is 25.5 Å². The topological polar surface area (TPSA) is 124 Å². The van der Waals surface area contributed by atoms with E-state index in [2.05, 4.69) is 10.3 Å². The first-order valence-corrected chi connectivity index (χ1v) is 15.3. The molecule has 0 spiro atoms. The summed E-state index contributed by atoms with van der Waals surface area (Å²) >= 11 is 0. The summed E-state index contributed by atoms with van der Waals surface area (Å²) in [5.74, 6) is 0.603. The highest BCUT2D eigenvalue weighted by molar-refractivity contribution is 5.92. The van der Waals surface area contributed by atoms with Gasteiger partial charge in [0, 0.05) is 50.2 Å². The molecule has 42 heavy (non-hydrogen) atoms. The van der Waals surface area contributed by atoms with Crippen molar-refractivity contribution in [3.63, 3.8) is 0 Å². The van der Waals surface area contributed by atoms with E-state index in [-0.39, 0.29) is 29.9 Å². The number of carbonyl (C=O) groups excluding carboxylic acids is 3. The van der Waals surface area contributed by atoms with Crippen LogP contribution in [0.1, 0.15) is 77.5 Å². The van der Waals surface area contributed by atoms with Crippen LogP contribution in [0.15, 0.2) is 48.8 Å². The van der Waals surface area contributed by atoms with Gasteiger partial charge in [-0.2, -0.15) is 0 Å². The molecule has 0 saturated carbocycles. The minimum atomic E-state index is -0.681. The summed E-state index contributed by atoms with van der Waals surface area (Å²) in [4.78, 5) is 45.3. The van der Waals surface area contributed by atoms with Gasteiger partial charge in [-0.25, -0.2) is 0 Å². The van der Waals surface area contributed by atoms with Crippen LogP contribution in [0.5, 0.6) is 5.75 Å². The molecule has 0 bridgehead atoms. The van der Waals surface area contributed by atoms with Crippen LogP contribution >= 0.6 is 0 Å². The number of methoxy groups -OCH3 is 1. The van der Waals surface area contributed by atoms with Gasteiger partial charge in [0.1, 0.15) is 11.8 Å². The van der Waals surface area contributed by atoms with Crippen LogP contribution in [0.3, 0.4) is 0 Å². The molecule has 1 aromatic heterocycles. The number of para-hydroxylation sites is 1. The van der Waals surface area contributed by atoms with Crippen molar-refractivity contribution in [3.8, 4) is 5.75 Å². The number of Topliss-reactive ketones (excluding diaryl/α,β-unsaturated/α-hetero) is 1. The zero-order valence-corrected chi connectivity index (χ0v) is 26.2. The Labute approximate surface area is 251 Å². The third-order valence-corrected chi connectivity index (χ3v) is 7.82. The standard InChI is InChI=1S/C29H38N4O5.2C2H6/c1-19(34)25(15-20-7-11-31-12-8-20)32-29(36)26-16-22(21-9-13-38-14-10-21)18-33(26)28(35)17-24(30)23-5-3-4-6-27(23)37-2;2*1-2/h3-8,11-12,21-22,24-26H,9-10,13-18,30H2,1-2H3,(H,32,36);2*1-2H3/t22?,24?,25-,26-;;/m0../s1. The molecule has 4 rings (SSSR count). The fourth-order valence-corrected chi connectivity index (χ4v) is 5.63. The number of nitrogens with two attached hydrogens (primary N) is 1. The van der Waals surface area contributed by atoms with Gasteiger partial charge in [0.05, 0.1) is 13.2 Å². The minimum absolute atomic E-state index is 0.0534. The first kappa shape index (κ1) is 34.9. The molecule has 2 saturated heterocycles. The van der Waals surface area contributed by atoms with Gasteiger partial charge in [0.2, 0.25) is 11.8 Å². The number of carbonyl (C=O) groups is 3. The molecule has 0 radical (unpaired) electrons. The van der Waals surface area contributed by atoms with Gasteiger partial charge in [0.15, 0.2) is 5.78 Å². The number of likely N-dealkylation sites (tertiary alicyclic amines) is 1. The van der Waals surface area contributed by atoms with Crippen LogP contribution in [0, 0.1) is 11.8 Å². The Morgan fingerprint density at radius 3 is 2.31 bits per heavy atom. The number of pyridine rings is 1. The lowest BCUT2D eigenvalue weighted by Crippen LogP contribution is -2.51. The van der Waals surface area contributed by atoms with Crippen LogP contribution in [0.4, 0.5) is 0 Å². The maximum Gasteiger partial charge on any atom is 0.243 e. The molecule has 2 aromatic rings. The van der Waals surface area contributed by atoms with E-state index in [4.69, 9.17) is 15.2 Å². The highest BCUT2D eigenvalue weighted by atomic mass is 16.5. The first-order valence-electron chi connectivity index (χ1n) is 15.3. The molecule has 3 heterocycles. The number of ketones is 1. The smallest absolute Gasteiger partial charge is 0.243 e. The second-order valence-corrected chi connectivity index (χ2v) is 10.3. The minimum Gasteiger partial charge on any atom is -0.496 e. The Kier molecular flexibility index (Phi) is 15.2. The van der Waals surface area contributed by atoms with Crippen LogP contribution in [0.2, 0.25) is 0 Å². The summed E-state index contributed by atoms with van der Waals surface area (Å²) in [7, 11) is 1.57. The van der Waals surface area contributed by atoms with E-state index in [9.17, 15) is 14.4 Å². The van der Waals surface area contributed by atoms with Crippen LogP contribution < -0.4 is 15.8 Å². The quantitative estimate of drug-likeness (QED) is 0.423. The summed E-state index contributed by atoms with van der Waals surface area (Å²) < 4.78 is 11.0. The average molecular weight is 583 g/mol. The summed E-state index contributed by atoms with van der Waals surface area (Å²) in [6.45, 7) is 11.4. The molecular formula is C33H50N4O5. The van der Waals surface area contributed by atoms with E-state index in [1.807, 2.05) is 64.1 Å². The van der Waals surface area contributed by atoms with E-state index >= 15 is 0 Å². The molecule has 2 fully saturated rings. The Bertz CT molecular complexity index is 1110. The van der Waals surface area contributed by atoms with E-state index < -0.39 is 18.1 Å². The van der Waals surface area contributed by atoms with E-state index in [0.717, 1.165) is 24.0 Å². The SMILES string of the molecule is CC.CC.COc1ccccc1C(N)CC(=O)N1CC(C2CCOCC2)C[C@H]1C(=O)N[C@@H](Cc1ccncc1)C(C)=O. The highest BCUT2D eigenvalue weighted by Crippen LogP contribution is 2.36. The van der Waals surface area contributed by atoms with Gasteiger partial charge in [-0.1, -0.05) is 45.9 Å². The predicted octanol–water partition coefficient (Wildman–Crippen LogP) is 4.49. The molecule has 4 atom stereocenters. The monoisotopic (exact) mass is 582 g/mol. The lowest BCUT2D eigenvalue weighted by Gasteiger charge is -2.28. The molecule has 2 aliphatic rings. The number of hydrogen-bond donors (Lipinski definition) is 2. The molecule has 9 nitrogen and oxygen atoms in total. The molecule has 2 amide bonds. The number of nitrogens with zero attached hydrogens (tertiary/aromatic N) is 2. The maximum atomic E-state index is 13.6. The van der Waals surface area contributed by atoms with Crippen molar-refractivity contribution >= 4 is 17.6 Å². The van der Waals surface area contributed by atoms with Gasteiger partial charge in [0.25, 0.3) is 0 Å². The second-order valence-electron chi connectivity index (χ2n) is 10.3. The van der Waals surface area contributed by atoms with Gasteiger partial charge in [-0.05, 0) is 68.2 Å². The Morgan fingerprint density at radius 2 is 1.69 bits per heavy atom. The zero-order chi connectivity index (χ0) is 31.1. The number of aromatic nitrogens is 1. The van der Waals surface area contributed by atoms with Crippen molar-refractivity contribution in [2.75, 3.05) is 26.9 Å². The molecule has 1 aromatic carbocycles. The number of amides is 2. The molecular weight excluding hydrogens is 532 g/mol. The first-order chi connectivity index (χ1) is 20.4. The van der Waals surface area contributed by atoms with Crippen LogP contribution in [0.25, 0.3) is 0 Å². The summed E-state index contributed by atoms with van der Waals surface area (Å²) in [6.07, 6.45) is 6.14. The molecule has 0 aliphatic carbocycles. The molecule has 9 heteroatoms. The second kappa shape index (κ2) is 18.3. The largest absolute Gasteiger partial charge is 0.496 e. The number of benzene rings is 1. The summed E-state index contributed by atoms with van der Waals surface area (Å²) in [6, 6.07) is 9.14. The lowest BCUT2D eigenvalue weighted by molar-refractivity contribution is -0.139. The number of nitrogens with one attached hydrogen (secondary N) is 1. The lowest BCUT2D eigenvalue weighted by atomic mass is 9.84. The molecule has 232 valence electrons. The van der Waals surface area contributed by atoms with Gasteiger partial charge < -0.3 is 25.4 Å². The highest BCUT2D eigenvalue weighted by Gasteiger charge is 2.43. The Morgan fingerprint density at radius 1 is 1.05 bits per heavy atom. The zero-order valence-electron chi connectivity index (χ0n) is 26.2. The van der Waals surface area contributed by atoms with E-state index in [1.54, 1.807) is 24.4 Å². The average Bonchev–Trinajstić information content (AvgIpc) is 3.50. The van der Waals surface area contributed by atoms with Crippen molar-refractivity contribution < 1.29 is 23.9 Å². The third kappa shape index (κ3) is 9.63. The van der Waals surface area contributed by atoms with Crippen molar-refractivity contribution in [2.24, 2.45) is 17.6 Å². The molecule has 2 aliphatic heterocycles. The van der Waals surface area contributed by atoms with Crippen molar-refractivity contribution in [2.45, 2.75) is 84.8 Å². The Balaban J connectivity index is 0.00000148.